The lowest BCUT2D eigenvalue weighted by molar-refractivity contribution is 1.02. The van der Waals surface area contributed by atoms with Crippen LogP contribution in [-0.2, 0) is 6.54 Å². The highest BCUT2D eigenvalue weighted by Gasteiger charge is 2.05. The van der Waals surface area contributed by atoms with E-state index in [1.165, 1.54) is 11.1 Å². The highest BCUT2D eigenvalue weighted by atomic mass is 14.8. The van der Waals surface area contributed by atoms with Crippen molar-refractivity contribution in [3.8, 4) is 0 Å². The van der Waals surface area contributed by atoms with Crippen LogP contribution in [0.4, 0.5) is 0 Å². The van der Waals surface area contributed by atoms with Crippen molar-refractivity contribution in [1.82, 2.24) is 4.98 Å². The Balaban J connectivity index is 2.60. The van der Waals surface area contributed by atoms with Gasteiger partial charge in [-0.05, 0) is 18.6 Å². The average molecular weight is 132 g/mol. The smallest absolute Gasteiger partial charge is 0.0818 e. The third-order valence-corrected chi connectivity index (χ3v) is 1.61. The van der Waals surface area contributed by atoms with Gasteiger partial charge in [0.2, 0.25) is 0 Å². The Labute approximate surface area is 59.6 Å². The van der Waals surface area contributed by atoms with Gasteiger partial charge in [0.15, 0.2) is 0 Å². The first-order valence-electron chi connectivity index (χ1n) is 3.31. The molecule has 2 heteroatoms. The van der Waals surface area contributed by atoms with E-state index in [0.29, 0.717) is 0 Å². The number of nitrogens with zero attached hydrogens (tertiary/aromatic N) is 2. The molecule has 0 radical (unpaired) electrons. The predicted octanol–water partition coefficient (Wildman–Crippen LogP) is 1.32. The monoisotopic (exact) mass is 132 g/mol. The molecule has 2 nitrogen and oxygen atoms in total. The van der Waals surface area contributed by atoms with Crippen molar-refractivity contribution < 1.29 is 0 Å². The van der Waals surface area contributed by atoms with Crippen LogP contribution in [0.1, 0.15) is 16.8 Å². The van der Waals surface area contributed by atoms with Gasteiger partial charge >= 0.3 is 0 Å². The van der Waals surface area contributed by atoms with Gasteiger partial charge < -0.3 is 0 Å². The van der Waals surface area contributed by atoms with E-state index in [0.717, 1.165) is 12.2 Å². The van der Waals surface area contributed by atoms with Crippen LogP contribution >= 0.6 is 0 Å². The highest BCUT2D eigenvalue weighted by Crippen LogP contribution is 2.11. The second kappa shape index (κ2) is 1.90. The molecule has 0 aromatic carbocycles. The molecule has 0 N–H and O–H groups in total. The van der Waals surface area contributed by atoms with Crippen molar-refractivity contribution >= 4 is 6.21 Å². The molecule has 1 aromatic rings. The molecule has 0 amide bonds. The molecule has 1 aromatic heterocycles. The first kappa shape index (κ1) is 5.59. The van der Waals surface area contributed by atoms with E-state index < -0.39 is 0 Å². The third-order valence-electron chi connectivity index (χ3n) is 1.61. The topological polar surface area (TPSA) is 25.2 Å². The molecule has 0 spiro atoms. The standard InChI is InChI=1S/C8H8N2/c1-6-2-7-4-9-5-8(7)10-3-6/h2-4H,5H2,1H3. The third kappa shape index (κ3) is 0.727. The molecular formula is C8H8N2. The van der Waals surface area contributed by atoms with Crippen molar-refractivity contribution in [2.45, 2.75) is 13.5 Å². The Bertz CT molecular complexity index is 289. The van der Waals surface area contributed by atoms with Crippen molar-refractivity contribution in [3.05, 3.63) is 29.1 Å². The van der Waals surface area contributed by atoms with Crippen molar-refractivity contribution in [2.24, 2.45) is 4.99 Å². The van der Waals surface area contributed by atoms with Crippen LogP contribution < -0.4 is 0 Å². The normalized spacial score (nSPS) is 13.7. The van der Waals surface area contributed by atoms with Crippen LogP contribution in [0.25, 0.3) is 0 Å². The van der Waals surface area contributed by atoms with E-state index in [-0.39, 0.29) is 0 Å². The molecule has 50 valence electrons. The average Bonchev–Trinajstić information content (AvgIpc) is 2.33. The number of fused-ring (bicyclic) bond motifs is 1. The van der Waals surface area contributed by atoms with Crippen LogP contribution in [0.3, 0.4) is 0 Å². The van der Waals surface area contributed by atoms with Crippen LogP contribution in [0.2, 0.25) is 0 Å². The molecule has 0 bridgehead atoms. The molecule has 0 unspecified atom stereocenters. The fourth-order valence-corrected chi connectivity index (χ4v) is 1.09. The Morgan fingerprint density at radius 2 is 2.40 bits per heavy atom. The van der Waals surface area contributed by atoms with Crippen LogP contribution in [0, 0.1) is 6.92 Å². The second-order valence-electron chi connectivity index (χ2n) is 2.52. The molecule has 1 aliphatic rings. The minimum atomic E-state index is 0.760. The SMILES string of the molecule is Cc1cnc2c(c1)C=NC2. The zero-order valence-electron chi connectivity index (χ0n) is 5.83. The second-order valence-corrected chi connectivity index (χ2v) is 2.52. The number of aliphatic imine (C=N–C) groups is 1. The van der Waals surface area contributed by atoms with Crippen molar-refractivity contribution in [2.75, 3.05) is 0 Å². The maximum absolute atomic E-state index is 4.23. The van der Waals surface area contributed by atoms with E-state index in [2.05, 4.69) is 16.0 Å². The van der Waals surface area contributed by atoms with Gasteiger partial charge in [0, 0.05) is 18.0 Å². The van der Waals surface area contributed by atoms with Gasteiger partial charge in [-0.25, -0.2) is 0 Å². The van der Waals surface area contributed by atoms with Crippen LogP contribution in [0.15, 0.2) is 17.3 Å². The summed E-state index contributed by atoms with van der Waals surface area (Å²) in [7, 11) is 0. The number of hydrogen-bond donors (Lipinski definition) is 0. The lowest BCUT2D eigenvalue weighted by Crippen LogP contribution is -1.89. The number of hydrogen-bond acceptors (Lipinski definition) is 2. The Kier molecular flexibility index (Phi) is 1.07. The summed E-state index contributed by atoms with van der Waals surface area (Å²) in [5.74, 6) is 0. The molecular weight excluding hydrogens is 124 g/mol. The summed E-state index contributed by atoms with van der Waals surface area (Å²) in [4.78, 5) is 8.34. The summed E-state index contributed by atoms with van der Waals surface area (Å²) in [5, 5.41) is 0. The van der Waals surface area contributed by atoms with E-state index in [9.17, 15) is 0 Å². The van der Waals surface area contributed by atoms with Gasteiger partial charge in [0.25, 0.3) is 0 Å². The number of aromatic nitrogens is 1. The minimum absolute atomic E-state index is 0.760. The molecule has 2 heterocycles. The van der Waals surface area contributed by atoms with Crippen LogP contribution in [-0.4, -0.2) is 11.2 Å². The summed E-state index contributed by atoms with van der Waals surface area (Å²) in [6.07, 6.45) is 3.77. The van der Waals surface area contributed by atoms with E-state index in [1.54, 1.807) is 0 Å². The Hall–Kier alpha value is -1.18. The Morgan fingerprint density at radius 1 is 1.50 bits per heavy atom. The zero-order chi connectivity index (χ0) is 6.97. The molecule has 0 fully saturated rings. The Morgan fingerprint density at radius 3 is 3.30 bits per heavy atom. The first-order chi connectivity index (χ1) is 4.86. The molecule has 2 rings (SSSR count). The van der Waals surface area contributed by atoms with Crippen molar-refractivity contribution in [3.63, 3.8) is 0 Å². The fraction of sp³-hybridized carbons (Fsp3) is 0.250. The summed E-state index contributed by atoms with van der Waals surface area (Å²) < 4.78 is 0. The zero-order valence-corrected chi connectivity index (χ0v) is 5.83. The largest absolute Gasteiger partial charge is 0.286 e. The van der Waals surface area contributed by atoms with Gasteiger partial charge in [0.1, 0.15) is 0 Å². The van der Waals surface area contributed by atoms with Gasteiger partial charge in [-0.1, -0.05) is 0 Å². The maximum Gasteiger partial charge on any atom is 0.0818 e. The van der Waals surface area contributed by atoms with E-state index in [1.807, 2.05) is 19.3 Å². The lowest BCUT2D eigenvalue weighted by Gasteiger charge is -1.95. The molecule has 0 saturated carbocycles. The highest BCUT2D eigenvalue weighted by molar-refractivity contribution is 5.83. The summed E-state index contributed by atoms with van der Waals surface area (Å²) in [5.41, 5.74) is 3.48. The van der Waals surface area contributed by atoms with Gasteiger partial charge in [-0.3, -0.25) is 9.98 Å². The first-order valence-corrected chi connectivity index (χ1v) is 3.31. The maximum atomic E-state index is 4.23. The predicted molar refractivity (Wildman–Crippen MR) is 40.3 cm³/mol. The molecule has 0 atom stereocenters. The van der Waals surface area contributed by atoms with Gasteiger partial charge in [-0.15, -0.1) is 0 Å². The number of rotatable bonds is 0. The molecule has 10 heavy (non-hydrogen) atoms. The summed E-state index contributed by atoms with van der Waals surface area (Å²) >= 11 is 0. The van der Waals surface area contributed by atoms with E-state index >= 15 is 0 Å². The molecule has 0 aliphatic carbocycles. The van der Waals surface area contributed by atoms with Crippen molar-refractivity contribution in [1.29, 1.82) is 0 Å². The number of aryl methyl sites for hydroxylation is 1. The summed E-state index contributed by atoms with van der Waals surface area (Å²) in [6.45, 7) is 2.80. The van der Waals surface area contributed by atoms with Gasteiger partial charge in [-0.2, -0.15) is 0 Å². The summed E-state index contributed by atoms with van der Waals surface area (Å²) in [6, 6.07) is 2.11. The van der Waals surface area contributed by atoms with Crippen LogP contribution in [0.5, 0.6) is 0 Å². The fourth-order valence-electron chi connectivity index (χ4n) is 1.09. The lowest BCUT2D eigenvalue weighted by atomic mass is 10.2. The molecule has 0 saturated heterocycles. The number of pyridine rings is 1. The van der Waals surface area contributed by atoms with Gasteiger partial charge in [0.05, 0.1) is 12.2 Å². The molecule has 1 aliphatic heterocycles. The quantitative estimate of drug-likeness (QED) is 0.522. The van der Waals surface area contributed by atoms with E-state index in [4.69, 9.17) is 0 Å². The minimum Gasteiger partial charge on any atom is -0.286 e.